The third-order valence-corrected chi connectivity index (χ3v) is 5.40. The number of aryl methyl sites for hydroxylation is 2. The Bertz CT molecular complexity index is 1090. The van der Waals surface area contributed by atoms with Gasteiger partial charge in [-0.1, -0.05) is 12.1 Å². The van der Waals surface area contributed by atoms with Gasteiger partial charge in [-0.05, 0) is 55.5 Å². The molecule has 2 aromatic carbocycles. The van der Waals surface area contributed by atoms with Gasteiger partial charge in [0.1, 0.15) is 23.2 Å². The molecule has 0 saturated heterocycles. The normalized spacial score (nSPS) is 12.9. The third-order valence-electron chi connectivity index (χ3n) is 4.60. The number of fused-ring (bicyclic) bond motifs is 1. The van der Waals surface area contributed by atoms with Crippen LogP contribution in [0.4, 0.5) is 23.4 Å². The third kappa shape index (κ3) is 4.10. The summed E-state index contributed by atoms with van der Waals surface area (Å²) in [5, 5.41) is 3.73. The number of hydrogen-bond acceptors (Lipinski definition) is 4. The first-order valence-electron chi connectivity index (χ1n) is 8.68. The highest BCUT2D eigenvalue weighted by Gasteiger charge is 2.35. The van der Waals surface area contributed by atoms with Gasteiger partial charge in [-0.25, -0.2) is 14.4 Å². The fourth-order valence-corrected chi connectivity index (χ4v) is 4.17. The molecule has 9 heteroatoms. The quantitative estimate of drug-likeness (QED) is 0.330. The van der Waals surface area contributed by atoms with E-state index >= 15 is 0 Å². The zero-order chi connectivity index (χ0) is 21.5. The molecule has 0 aliphatic heterocycles. The van der Waals surface area contributed by atoms with Crippen LogP contribution >= 0.6 is 22.6 Å². The minimum atomic E-state index is -4.76. The summed E-state index contributed by atoms with van der Waals surface area (Å²) in [5.74, 6) is 0.296. The second-order valence-electron chi connectivity index (χ2n) is 6.60. The van der Waals surface area contributed by atoms with E-state index < -0.39 is 23.6 Å². The average molecular weight is 519 g/mol. The smallest absolute Gasteiger partial charge is 0.419 e. The van der Waals surface area contributed by atoms with Crippen molar-refractivity contribution >= 4 is 39.3 Å². The van der Waals surface area contributed by atoms with Crippen molar-refractivity contribution in [2.24, 2.45) is 0 Å². The van der Waals surface area contributed by atoms with Gasteiger partial charge in [-0.15, -0.1) is 0 Å². The van der Waals surface area contributed by atoms with Gasteiger partial charge < -0.3 is 10.1 Å². The molecule has 1 N–H and O–H groups in total. The molecule has 3 rings (SSSR count). The van der Waals surface area contributed by atoms with Crippen molar-refractivity contribution < 1.29 is 22.3 Å². The van der Waals surface area contributed by atoms with Gasteiger partial charge in [0.25, 0.3) is 0 Å². The number of aromatic nitrogens is 2. The van der Waals surface area contributed by atoms with Gasteiger partial charge in [0.2, 0.25) is 0 Å². The number of nitrogens with one attached hydrogen (secondary N) is 1. The van der Waals surface area contributed by atoms with Crippen molar-refractivity contribution in [3.8, 4) is 5.75 Å². The first kappa shape index (κ1) is 21.5. The molecule has 0 saturated carbocycles. The van der Waals surface area contributed by atoms with Crippen molar-refractivity contribution in [2.75, 3.05) is 12.4 Å². The molecule has 0 radical (unpaired) electrons. The van der Waals surface area contributed by atoms with Crippen LogP contribution in [0.5, 0.6) is 5.75 Å². The number of methoxy groups -OCH3 is 1. The van der Waals surface area contributed by atoms with E-state index in [-0.39, 0.29) is 5.56 Å². The molecule has 1 aromatic heterocycles. The van der Waals surface area contributed by atoms with E-state index in [1.54, 1.807) is 21.0 Å². The van der Waals surface area contributed by atoms with E-state index in [4.69, 9.17) is 4.74 Å². The van der Waals surface area contributed by atoms with Crippen LogP contribution in [-0.2, 0) is 6.18 Å². The molecule has 4 nitrogen and oxygen atoms in total. The Morgan fingerprint density at radius 1 is 1.17 bits per heavy atom. The molecule has 0 amide bonds. The summed E-state index contributed by atoms with van der Waals surface area (Å²) < 4.78 is 59.9. The predicted molar refractivity (Wildman–Crippen MR) is 112 cm³/mol. The first-order valence-corrected chi connectivity index (χ1v) is 9.76. The maximum atomic E-state index is 14.5. The average Bonchev–Trinajstić information content (AvgIpc) is 2.62. The van der Waals surface area contributed by atoms with Crippen LogP contribution < -0.4 is 10.1 Å². The summed E-state index contributed by atoms with van der Waals surface area (Å²) in [6.45, 7) is 5.17. The second-order valence-corrected chi connectivity index (χ2v) is 7.77. The van der Waals surface area contributed by atoms with Crippen molar-refractivity contribution in [1.82, 2.24) is 9.97 Å². The zero-order valence-corrected chi connectivity index (χ0v) is 18.2. The Morgan fingerprint density at radius 2 is 1.86 bits per heavy atom. The van der Waals surface area contributed by atoms with Crippen LogP contribution in [0.25, 0.3) is 10.9 Å². The molecule has 0 aliphatic rings. The van der Waals surface area contributed by atoms with Gasteiger partial charge in [0.15, 0.2) is 0 Å². The molecule has 0 spiro atoms. The number of ether oxygens (including phenoxy) is 1. The van der Waals surface area contributed by atoms with Crippen LogP contribution in [0, 0.1) is 23.2 Å². The van der Waals surface area contributed by atoms with Gasteiger partial charge >= 0.3 is 6.18 Å². The van der Waals surface area contributed by atoms with E-state index in [1.165, 1.54) is 12.1 Å². The number of anilines is 1. The van der Waals surface area contributed by atoms with Crippen LogP contribution in [0.3, 0.4) is 0 Å². The Morgan fingerprint density at radius 3 is 2.48 bits per heavy atom. The number of halogens is 5. The summed E-state index contributed by atoms with van der Waals surface area (Å²) in [7, 11) is 1.57. The van der Waals surface area contributed by atoms with Gasteiger partial charge in [-0.2, -0.15) is 13.2 Å². The predicted octanol–water partition coefficient (Wildman–Crippen LogP) is 6.19. The van der Waals surface area contributed by atoms with Crippen molar-refractivity contribution in [2.45, 2.75) is 33.0 Å². The molecule has 0 fully saturated rings. The summed E-state index contributed by atoms with van der Waals surface area (Å²) in [4.78, 5) is 8.87. The minimum Gasteiger partial charge on any atom is -0.495 e. The van der Waals surface area contributed by atoms with Gasteiger partial charge in [-0.3, -0.25) is 0 Å². The first-order chi connectivity index (χ1) is 13.5. The van der Waals surface area contributed by atoms with E-state index in [1.807, 2.05) is 13.0 Å². The topological polar surface area (TPSA) is 47.0 Å². The molecule has 154 valence electrons. The highest BCUT2D eigenvalue weighted by molar-refractivity contribution is 14.1. The summed E-state index contributed by atoms with van der Waals surface area (Å²) in [6.07, 6.45) is -4.76. The number of alkyl halides is 3. The standard InChI is InChI=1S/C20H18F4IN3O/c1-9-17-13(8-15(25)18(9)29-4)19(28-11(3)27-17)26-10(2)12-6-5-7-14(16(12)21)20(22,23)24/h5-8,10H,1-4H3,(H,26,27,28)/t10-/m1/s1. The Balaban J connectivity index is 2.09. The molecule has 1 heterocycles. The molecular formula is C20H18F4IN3O. The highest BCUT2D eigenvalue weighted by atomic mass is 127. The number of benzene rings is 2. The maximum Gasteiger partial charge on any atom is 0.419 e. The lowest BCUT2D eigenvalue weighted by Crippen LogP contribution is -2.15. The molecule has 3 aromatic rings. The van der Waals surface area contributed by atoms with Gasteiger partial charge in [0, 0.05) is 16.5 Å². The molecule has 0 bridgehead atoms. The lowest BCUT2D eigenvalue weighted by atomic mass is 10.0. The Labute approximate surface area is 178 Å². The number of hydrogen-bond donors (Lipinski definition) is 1. The largest absolute Gasteiger partial charge is 0.495 e. The number of rotatable bonds is 4. The molecule has 0 unspecified atom stereocenters. The van der Waals surface area contributed by atoms with Crippen LogP contribution in [-0.4, -0.2) is 17.1 Å². The number of nitrogens with zero attached hydrogens (tertiary/aromatic N) is 2. The molecule has 29 heavy (non-hydrogen) atoms. The van der Waals surface area contributed by atoms with Crippen LogP contribution in [0.1, 0.15) is 35.5 Å². The summed E-state index contributed by atoms with van der Waals surface area (Å²) in [5.41, 5.74) is 0.0986. The second kappa shape index (κ2) is 7.92. The molecule has 0 aliphatic carbocycles. The Kier molecular flexibility index (Phi) is 5.88. The van der Waals surface area contributed by atoms with Crippen molar-refractivity contribution in [3.63, 3.8) is 0 Å². The SMILES string of the molecule is COc1c(I)cc2c(N[C@H](C)c3cccc(C(F)(F)F)c3F)nc(C)nc2c1C. The van der Waals surface area contributed by atoms with Crippen LogP contribution in [0.2, 0.25) is 0 Å². The fraction of sp³-hybridized carbons (Fsp3) is 0.300. The monoisotopic (exact) mass is 519 g/mol. The lowest BCUT2D eigenvalue weighted by molar-refractivity contribution is -0.140. The van der Waals surface area contributed by atoms with E-state index in [2.05, 4.69) is 37.9 Å². The molecular weight excluding hydrogens is 501 g/mol. The van der Waals surface area contributed by atoms with Gasteiger partial charge in [0.05, 0.1) is 27.8 Å². The summed E-state index contributed by atoms with van der Waals surface area (Å²) >= 11 is 2.13. The summed E-state index contributed by atoms with van der Waals surface area (Å²) in [6, 6.07) is 4.33. The zero-order valence-electron chi connectivity index (χ0n) is 16.1. The Hall–Kier alpha value is -2.17. The lowest BCUT2D eigenvalue weighted by Gasteiger charge is -2.20. The maximum absolute atomic E-state index is 14.5. The van der Waals surface area contributed by atoms with Crippen LogP contribution in [0.15, 0.2) is 24.3 Å². The fourth-order valence-electron chi connectivity index (χ4n) is 3.23. The van der Waals surface area contributed by atoms with E-state index in [0.29, 0.717) is 28.3 Å². The van der Waals surface area contributed by atoms with E-state index in [0.717, 1.165) is 15.2 Å². The van der Waals surface area contributed by atoms with E-state index in [9.17, 15) is 17.6 Å². The van der Waals surface area contributed by atoms with Crippen molar-refractivity contribution in [3.05, 3.63) is 56.2 Å². The van der Waals surface area contributed by atoms with Crippen molar-refractivity contribution in [1.29, 1.82) is 0 Å². The molecule has 1 atom stereocenters. The highest BCUT2D eigenvalue weighted by Crippen LogP contribution is 2.37. The minimum absolute atomic E-state index is 0.0934.